The molecule has 0 saturated carbocycles. The van der Waals surface area contributed by atoms with Crippen molar-refractivity contribution in [3.05, 3.63) is 29.3 Å². The predicted molar refractivity (Wildman–Crippen MR) is 75.7 cm³/mol. The molecule has 0 bridgehead atoms. The molecule has 1 aromatic rings. The number of hydrogen-bond donors (Lipinski definition) is 1. The van der Waals surface area contributed by atoms with Gasteiger partial charge < -0.3 is 15.5 Å². The van der Waals surface area contributed by atoms with Gasteiger partial charge in [-0.1, -0.05) is 6.92 Å². The topological polar surface area (TPSA) is 66.6 Å². The number of halogens is 2. The Morgan fingerprint density at radius 2 is 1.76 bits per heavy atom. The van der Waals surface area contributed by atoms with Crippen molar-refractivity contribution in [2.24, 2.45) is 0 Å². The molecule has 21 heavy (non-hydrogen) atoms. The molecule has 0 radical (unpaired) electrons. The van der Waals surface area contributed by atoms with Crippen molar-refractivity contribution >= 4 is 17.5 Å². The molecule has 0 fully saturated rings. The molecule has 1 aromatic carbocycles. The minimum atomic E-state index is -1.15. The van der Waals surface area contributed by atoms with Crippen molar-refractivity contribution in [2.45, 2.75) is 13.3 Å². The summed E-state index contributed by atoms with van der Waals surface area (Å²) in [7, 11) is 3.14. The standard InChI is InChI=1S/C14H19F2N3O2/c1-4-5-19(8-13(20)18(2)3)14(21)9-6-10(15)11(16)7-12(9)17/h6-7H,4-5,8,17H2,1-3H3. The van der Waals surface area contributed by atoms with Crippen LogP contribution in [0.3, 0.4) is 0 Å². The van der Waals surface area contributed by atoms with E-state index in [4.69, 9.17) is 5.73 Å². The molecule has 0 aliphatic heterocycles. The number of carbonyl (C=O) groups excluding carboxylic acids is 2. The molecule has 2 N–H and O–H groups in total. The largest absolute Gasteiger partial charge is 0.398 e. The number of likely N-dealkylation sites (N-methyl/N-ethyl adjacent to an activating group) is 1. The van der Waals surface area contributed by atoms with Crippen molar-refractivity contribution in [3.8, 4) is 0 Å². The molecule has 0 aliphatic rings. The lowest BCUT2D eigenvalue weighted by molar-refractivity contribution is -0.129. The summed E-state index contributed by atoms with van der Waals surface area (Å²) in [6.07, 6.45) is 0.621. The molecular weight excluding hydrogens is 280 g/mol. The first-order valence-electron chi connectivity index (χ1n) is 6.51. The maximum absolute atomic E-state index is 13.3. The number of anilines is 1. The number of carbonyl (C=O) groups is 2. The molecule has 0 unspecified atom stereocenters. The highest BCUT2D eigenvalue weighted by atomic mass is 19.2. The molecule has 0 aliphatic carbocycles. The highest BCUT2D eigenvalue weighted by Gasteiger charge is 2.22. The van der Waals surface area contributed by atoms with Gasteiger partial charge in [-0.25, -0.2) is 8.78 Å². The Morgan fingerprint density at radius 3 is 2.29 bits per heavy atom. The van der Waals surface area contributed by atoms with E-state index in [0.717, 1.165) is 12.1 Å². The first-order valence-corrected chi connectivity index (χ1v) is 6.51. The monoisotopic (exact) mass is 299 g/mol. The van der Waals surface area contributed by atoms with Gasteiger partial charge in [-0.3, -0.25) is 9.59 Å². The van der Waals surface area contributed by atoms with Crippen LogP contribution >= 0.6 is 0 Å². The van der Waals surface area contributed by atoms with Gasteiger partial charge in [-0.05, 0) is 12.5 Å². The predicted octanol–water partition coefficient (Wildman–Crippen LogP) is 1.49. The quantitative estimate of drug-likeness (QED) is 0.838. The Balaban J connectivity index is 3.06. The van der Waals surface area contributed by atoms with Crippen LogP contribution in [0.25, 0.3) is 0 Å². The first kappa shape index (κ1) is 16.9. The smallest absolute Gasteiger partial charge is 0.256 e. The van der Waals surface area contributed by atoms with Crippen LogP contribution in [0.4, 0.5) is 14.5 Å². The fourth-order valence-corrected chi connectivity index (χ4v) is 1.74. The van der Waals surface area contributed by atoms with Crippen LogP contribution in [0, 0.1) is 11.6 Å². The van der Waals surface area contributed by atoms with Gasteiger partial charge in [0.15, 0.2) is 11.6 Å². The molecule has 0 atom stereocenters. The van der Waals surface area contributed by atoms with Crippen molar-refractivity contribution in [1.82, 2.24) is 9.80 Å². The lowest BCUT2D eigenvalue weighted by Crippen LogP contribution is -2.41. The molecule has 0 spiro atoms. The third-order valence-corrected chi connectivity index (χ3v) is 2.93. The van der Waals surface area contributed by atoms with E-state index in [1.54, 1.807) is 14.1 Å². The number of nitrogens with two attached hydrogens (primary N) is 1. The number of rotatable bonds is 5. The fourth-order valence-electron chi connectivity index (χ4n) is 1.74. The minimum Gasteiger partial charge on any atom is -0.398 e. The summed E-state index contributed by atoms with van der Waals surface area (Å²) in [5.74, 6) is -3.13. The van der Waals surface area contributed by atoms with Gasteiger partial charge in [-0.15, -0.1) is 0 Å². The van der Waals surface area contributed by atoms with Crippen molar-refractivity contribution < 1.29 is 18.4 Å². The summed E-state index contributed by atoms with van der Waals surface area (Å²) in [5, 5.41) is 0. The van der Waals surface area contributed by atoms with Crippen LogP contribution in [-0.4, -0.2) is 48.8 Å². The summed E-state index contributed by atoms with van der Waals surface area (Å²) in [5.41, 5.74) is 5.27. The van der Waals surface area contributed by atoms with Gasteiger partial charge in [0.2, 0.25) is 5.91 Å². The molecule has 7 heteroatoms. The molecule has 1 rings (SSSR count). The van der Waals surface area contributed by atoms with Crippen LogP contribution in [0.15, 0.2) is 12.1 Å². The zero-order chi connectivity index (χ0) is 16.2. The second-order valence-corrected chi connectivity index (χ2v) is 4.87. The Hall–Kier alpha value is -2.18. The second-order valence-electron chi connectivity index (χ2n) is 4.87. The van der Waals surface area contributed by atoms with Crippen molar-refractivity contribution in [3.63, 3.8) is 0 Å². The zero-order valence-electron chi connectivity index (χ0n) is 12.3. The van der Waals surface area contributed by atoms with Gasteiger partial charge in [0.1, 0.15) is 6.54 Å². The van der Waals surface area contributed by atoms with E-state index in [1.165, 1.54) is 9.80 Å². The van der Waals surface area contributed by atoms with Crippen LogP contribution in [0.2, 0.25) is 0 Å². The van der Waals surface area contributed by atoms with E-state index in [9.17, 15) is 18.4 Å². The maximum atomic E-state index is 13.3. The van der Waals surface area contributed by atoms with Gasteiger partial charge in [0.05, 0.1) is 5.56 Å². The van der Waals surface area contributed by atoms with Gasteiger partial charge in [0.25, 0.3) is 5.91 Å². The van der Waals surface area contributed by atoms with E-state index < -0.39 is 17.5 Å². The molecule has 0 heterocycles. The van der Waals surface area contributed by atoms with Gasteiger partial charge >= 0.3 is 0 Å². The molecule has 2 amide bonds. The summed E-state index contributed by atoms with van der Waals surface area (Å²) < 4.78 is 26.3. The number of nitrogens with zero attached hydrogens (tertiary/aromatic N) is 2. The van der Waals surface area contributed by atoms with E-state index >= 15 is 0 Å². The van der Waals surface area contributed by atoms with Gasteiger partial charge in [-0.2, -0.15) is 0 Å². The lowest BCUT2D eigenvalue weighted by Gasteiger charge is -2.24. The lowest BCUT2D eigenvalue weighted by atomic mass is 10.1. The summed E-state index contributed by atoms with van der Waals surface area (Å²) >= 11 is 0. The Labute approximate surface area is 122 Å². The summed E-state index contributed by atoms with van der Waals surface area (Å²) in [4.78, 5) is 26.7. The van der Waals surface area contributed by atoms with Crippen molar-refractivity contribution in [2.75, 3.05) is 32.9 Å². The number of amides is 2. The van der Waals surface area contributed by atoms with Crippen LogP contribution in [-0.2, 0) is 4.79 Å². The van der Waals surface area contributed by atoms with E-state index in [2.05, 4.69) is 0 Å². The molecule has 5 nitrogen and oxygen atoms in total. The Kier molecular flexibility index (Phi) is 5.63. The molecule has 116 valence electrons. The van der Waals surface area contributed by atoms with E-state index in [0.29, 0.717) is 13.0 Å². The average Bonchev–Trinajstić information content (AvgIpc) is 2.41. The highest BCUT2D eigenvalue weighted by Crippen LogP contribution is 2.19. The molecule has 0 saturated heterocycles. The first-order chi connectivity index (χ1) is 9.77. The van der Waals surface area contributed by atoms with E-state index in [1.807, 2.05) is 6.92 Å². The highest BCUT2D eigenvalue weighted by molar-refractivity contribution is 6.00. The summed E-state index contributed by atoms with van der Waals surface area (Å²) in [6, 6.07) is 1.52. The third kappa shape index (κ3) is 4.14. The zero-order valence-corrected chi connectivity index (χ0v) is 12.3. The van der Waals surface area contributed by atoms with Crippen LogP contribution in [0.5, 0.6) is 0 Å². The third-order valence-electron chi connectivity index (χ3n) is 2.93. The SMILES string of the molecule is CCCN(CC(=O)N(C)C)C(=O)c1cc(F)c(F)cc1N. The Bertz CT molecular complexity index is 547. The number of nitrogen functional groups attached to an aromatic ring is 1. The van der Waals surface area contributed by atoms with Crippen LogP contribution in [0.1, 0.15) is 23.7 Å². The van der Waals surface area contributed by atoms with Crippen LogP contribution < -0.4 is 5.73 Å². The molecule has 0 aromatic heterocycles. The minimum absolute atomic E-state index is 0.141. The van der Waals surface area contributed by atoms with Gasteiger partial charge in [0, 0.05) is 32.4 Å². The Morgan fingerprint density at radius 1 is 1.19 bits per heavy atom. The number of benzene rings is 1. The average molecular weight is 299 g/mol. The van der Waals surface area contributed by atoms with E-state index in [-0.39, 0.29) is 23.7 Å². The summed E-state index contributed by atoms with van der Waals surface area (Å²) in [6.45, 7) is 2.02. The molecular formula is C14H19F2N3O2. The normalized spacial score (nSPS) is 10.3. The fraction of sp³-hybridized carbons (Fsp3) is 0.429. The number of hydrogen-bond acceptors (Lipinski definition) is 3. The second kappa shape index (κ2) is 7.01. The maximum Gasteiger partial charge on any atom is 0.256 e. The van der Waals surface area contributed by atoms with Crippen molar-refractivity contribution in [1.29, 1.82) is 0 Å².